The van der Waals surface area contributed by atoms with Crippen molar-refractivity contribution in [1.29, 1.82) is 0 Å². The van der Waals surface area contributed by atoms with Gasteiger partial charge >= 0.3 is 0 Å². The van der Waals surface area contributed by atoms with Crippen molar-refractivity contribution in [2.45, 2.75) is 38.6 Å². The summed E-state index contributed by atoms with van der Waals surface area (Å²) in [5.41, 5.74) is 0.896. The van der Waals surface area contributed by atoms with Crippen molar-refractivity contribution in [3.8, 4) is 0 Å². The molecule has 0 saturated carbocycles. The molecule has 0 aliphatic rings. The number of rotatable bonds is 7. The topological polar surface area (TPSA) is 41.1 Å². The van der Waals surface area contributed by atoms with Crippen LogP contribution in [0.4, 0.5) is 0 Å². The molecule has 0 aromatic heterocycles. The highest BCUT2D eigenvalue weighted by Gasteiger charge is 2.25. The summed E-state index contributed by atoms with van der Waals surface area (Å²) < 4.78 is 0. The van der Waals surface area contributed by atoms with Crippen LogP contribution in [0, 0.1) is 0 Å². The van der Waals surface area contributed by atoms with Gasteiger partial charge in [0.25, 0.3) is 0 Å². The molecule has 0 spiro atoms. The van der Waals surface area contributed by atoms with E-state index in [4.69, 9.17) is 0 Å². The van der Waals surface area contributed by atoms with Gasteiger partial charge < -0.3 is 10.6 Å². The van der Waals surface area contributed by atoms with E-state index < -0.39 is 0 Å². The number of amides is 1. The summed E-state index contributed by atoms with van der Waals surface area (Å²) >= 11 is 0. The molecule has 3 heteroatoms. The summed E-state index contributed by atoms with van der Waals surface area (Å²) in [7, 11) is 1.90. The minimum Gasteiger partial charge on any atom is -0.347 e. The monoisotopic (exact) mass is 248 g/mol. The molecule has 18 heavy (non-hydrogen) atoms. The van der Waals surface area contributed by atoms with Crippen molar-refractivity contribution in [2.24, 2.45) is 0 Å². The molecule has 2 N–H and O–H groups in total. The minimum atomic E-state index is -0.266. The maximum Gasteiger partial charge on any atom is 0.220 e. The Bertz CT molecular complexity index is 364. The molecule has 0 fully saturated rings. The number of hydrogen-bond donors (Lipinski definition) is 2. The van der Waals surface area contributed by atoms with Gasteiger partial charge in [0.05, 0.1) is 5.54 Å². The van der Waals surface area contributed by atoms with Gasteiger partial charge in [0.2, 0.25) is 5.91 Å². The van der Waals surface area contributed by atoms with Crippen LogP contribution in [0.2, 0.25) is 0 Å². The minimum absolute atomic E-state index is 0.124. The van der Waals surface area contributed by atoms with Crippen LogP contribution in [-0.4, -0.2) is 19.5 Å². The third kappa shape index (κ3) is 4.15. The number of carbonyl (C=O) groups is 1. The molecular weight excluding hydrogens is 224 g/mol. The average molecular weight is 248 g/mol. The molecule has 0 aliphatic heterocycles. The Labute approximate surface area is 110 Å². The average Bonchev–Trinajstić information content (AvgIpc) is 2.40. The summed E-state index contributed by atoms with van der Waals surface area (Å²) in [4.78, 5) is 11.9. The molecular formula is C15H24N2O. The first-order chi connectivity index (χ1) is 8.62. The van der Waals surface area contributed by atoms with Gasteiger partial charge in [-0.25, -0.2) is 0 Å². The second-order valence-electron chi connectivity index (χ2n) is 4.81. The van der Waals surface area contributed by atoms with E-state index in [-0.39, 0.29) is 11.4 Å². The Hall–Kier alpha value is -1.35. The van der Waals surface area contributed by atoms with Gasteiger partial charge in [-0.05, 0) is 38.9 Å². The fourth-order valence-electron chi connectivity index (χ4n) is 1.97. The Morgan fingerprint density at radius 1 is 1.28 bits per heavy atom. The van der Waals surface area contributed by atoms with Crippen LogP contribution in [0.1, 0.15) is 38.7 Å². The first kappa shape index (κ1) is 14.7. The van der Waals surface area contributed by atoms with E-state index in [2.05, 4.69) is 36.6 Å². The van der Waals surface area contributed by atoms with Crippen molar-refractivity contribution in [1.82, 2.24) is 10.6 Å². The Kier molecular flexibility index (Phi) is 5.86. The standard InChI is InChI=1S/C15H24N2O/c1-4-15(2,13-9-6-5-7-10-13)17-14(18)11-8-12-16-3/h5-7,9-10,16H,4,8,11-12H2,1-3H3,(H,17,18)/t15-/m1/s1. The van der Waals surface area contributed by atoms with Crippen molar-refractivity contribution in [3.05, 3.63) is 35.9 Å². The predicted octanol–water partition coefficient (Wildman–Crippen LogP) is 2.43. The van der Waals surface area contributed by atoms with Gasteiger partial charge in [0, 0.05) is 6.42 Å². The van der Waals surface area contributed by atoms with Crippen molar-refractivity contribution < 1.29 is 4.79 Å². The first-order valence-electron chi connectivity index (χ1n) is 6.63. The van der Waals surface area contributed by atoms with Crippen LogP contribution in [0.3, 0.4) is 0 Å². The fraction of sp³-hybridized carbons (Fsp3) is 0.533. The van der Waals surface area contributed by atoms with E-state index in [0.717, 1.165) is 24.9 Å². The number of hydrogen-bond acceptors (Lipinski definition) is 2. The molecule has 1 aromatic rings. The van der Waals surface area contributed by atoms with Crippen LogP contribution in [0.15, 0.2) is 30.3 Å². The third-order valence-corrected chi connectivity index (χ3v) is 3.36. The highest BCUT2D eigenvalue weighted by atomic mass is 16.1. The SMILES string of the molecule is CC[C@@](C)(NC(=O)CCCNC)c1ccccc1. The zero-order chi connectivity index (χ0) is 13.4. The Balaban J connectivity index is 2.63. The lowest BCUT2D eigenvalue weighted by Crippen LogP contribution is -2.43. The van der Waals surface area contributed by atoms with E-state index in [1.165, 1.54) is 0 Å². The predicted molar refractivity (Wildman–Crippen MR) is 75.4 cm³/mol. The van der Waals surface area contributed by atoms with Crippen LogP contribution >= 0.6 is 0 Å². The maximum atomic E-state index is 11.9. The molecule has 0 heterocycles. The second-order valence-corrected chi connectivity index (χ2v) is 4.81. The van der Waals surface area contributed by atoms with Gasteiger partial charge in [0.15, 0.2) is 0 Å². The van der Waals surface area contributed by atoms with Crippen molar-refractivity contribution in [3.63, 3.8) is 0 Å². The molecule has 0 aliphatic carbocycles. The number of nitrogens with one attached hydrogen (secondary N) is 2. The van der Waals surface area contributed by atoms with Crippen molar-refractivity contribution in [2.75, 3.05) is 13.6 Å². The lowest BCUT2D eigenvalue weighted by atomic mass is 9.89. The number of benzene rings is 1. The maximum absolute atomic E-state index is 11.9. The molecule has 0 bridgehead atoms. The Morgan fingerprint density at radius 2 is 1.94 bits per heavy atom. The first-order valence-corrected chi connectivity index (χ1v) is 6.63. The van der Waals surface area contributed by atoms with Crippen LogP contribution in [-0.2, 0) is 10.3 Å². The van der Waals surface area contributed by atoms with Crippen molar-refractivity contribution >= 4 is 5.91 Å². The summed E-state index contributed by atoms with van der Waals surface area (Å²) in [6.07, 6.45) is 2.33. The smallest absolute Gasteiger partial charge is 0.220 e. The highest BCUT2D eigenvalue weighted by Crippen LogP contribution is 2.24. The van der Waals surface area contributed by atoms with Gasteiger partial charge in [-0.15, -0.1) is 0 Å². The van der Waals surface area contributed by atoms with E-state index >= 15 is 0 Å². The fourth-order valence-corrected chi connectivity index (χ4v) is 1.97. The van der Waals surface area contributed by atoms with Gasteiger partial charge in [-0.3, -0.25) is 4.79 Å². The van der Waals surface area contributed by atoms with E-state index in [9.17, 15) is 4.79 Å². The lowest BCUT2D eigenvalue weighted by Gasteiger charge is -2.30. The molecule has 3 nitrogen and oxygen atoms in total. The summed E-state index contributed by atoms with van der Waals surface area (Å²) in [6, 6.07) is 10.1. The molecule has 1 aromatic carbocycles. The van der Waals surface area contributed by atoms with Gasteiger partial charge in [0.1, 0.15) is 0 Å². The Morgan fingerprint density at radius 3 is 2.50 bits per heavy atom. The van der Waals surface area contributed by atoms with Gasteiger partial charge in [-0.1, -0.05) is 37.3 Å². The van der Waals surface area contributed by atoms with E-state index in [1.807, 2.05) is 25.2 Å². The van der Waals surface area contributed by atoms with E-state index in [1.54, 1.807) is 0 Å². The van der Waals surface area contributed by atoms with Gasteiger partial charge in [-0.2, -0.15) is 0 Å². The quantitative estimate of drug-likeness (QED) is 0.728. The zero-order valence-corrected chi connectivity index (χ0v) is 11.6. The summed E-state index contributed by atoms with van der Waals surface area (Å²) in [5.74, 6) is 0.124. The molecule has 100 valence electrons. The molecule has 0 unspecified atom stereocenters. The number of carbonyl (C=O) groups excluding carboxylic acids is 1. The zero-order valence-electron chi connectivity index (χ0n) is 11.6. The summed E-state index contributed by atoms with van der Waals surface area (Å²) in [6.45, 7) is 5.06. The summed E-state index contributed by atoms with van der Waals surface area (Å²) in [5, 5.41) is 6.20. The van der Waals surface area contributed by atoms with Crippen LogP contribution in [0.5, 0.6) is 0 Å². The molecule has 1 amide bonds. The molecule has 0 saturated heterocycles. The highest BCUT2D eigenvalue weighted by molar-refractivity contribution is 5.77. The third-order valence-electron chi connectivity index (χ3n) is 3.36. The van der Waals surface area contributed by atoms with Crippen LogP contribution in [0.25, 0.3) is 0 Å². The van der Waals surface area contributed by atoms with E-state index in [0.29, 0.717) is 6.42 Å². The second kappa shape index (κ2) is 7.17. The largest absolute Gasteiger partial charge is 0.347 e. The normalized spacial score (nSPS) is 13.9. The van der Waals surface area contributed by atoms with Crippen LogP contribution < -0.4 is 10.6 Å². The molecule has 1 atom stereocenters. The molecule has 1 rings (SSSR count). The lowest BCUT2D eigenvalue weighted by molar-refractivity contribution is -0.123. The molecule has 0 radical (unpaired) electrons.